The highest BCUT2D eigenvalue weighted by Crippen LogP contribution is 2.38. The van der Waals surface area contributed by atoms with Crippen LogP contribution in [0.2, 0.25) is 0 Å². The maximum atomic E-state index is 14.1. The smallest absolute Gasteiger partial charge is 0.323 e. The van der Waals surface area contributed by atoms with Crippen LogP contribution in [-0.4, -0.2) is 40.6 Å². The predicted molar refractivity (Wildman–Crippen MR) is 127 cm³/mol. The van der Waals surface area contributed by atoms with Crippen LogP contribution in [0.4, 0.5) is 8.78 Å². The molecule has 35 heavy (non-hydrogen) atoms. The monoisotopic (exact) mass is 479 g/mol. The maximum absolute atomic E-state index is 14.1. The Kier molecular flexibility index (Phi) is 7.15. The molecule has 1 aliphatic rings. The fourth-order valence-corrected chi connectivity index (χ4v) is 4.48. The minimum Gasteiger partial charge on any atom is -0.487 e. The van der Waals surface area contributed by atoms with E-state index in [9.17, 15) is 23.5 Å². The first kappa shape index (κ1) is 24.4. The van der Waals surface area contributed by atoms with Gasteiger partial charge >= 0.3 is 5.97 Å². The second-order valence-corrected chi connectivity index (χ2v) is 9.20. The van der Waals surface area contributed by atoms with Gasteiger partial charge < -0.3 is 14.7 Å². The van der Waals surface area contributed by atoms with Crippen molar-refractivity contribution in [3.05, 3.63) is 101 Å². The van der Waals surface area contributed by atoms with Crippen molar-refractivity contribution in [2.24, 2.45) is 0 Å². The number of halogens is 2. The Labute approximate surface area is 203 Å². The molecule has 0 fully saturated rings. The van der Waals surface area contributed by atoms with Gasteiger partial charge in [-0.2, -0.15) is 0 Å². The first-order valence-electron chi connectivity index (χ1n) is 11.5. The Hall–Kier alpha value is -3.74. The highest BCUT2D eigenvalue weighted by atomic mass is 19.1. The zero-order valence-corrected chi connectivity index (χ0v) is 19.5. The highest BCUT2D eigenvalue weighted by Gasteiger charge is 2.35. The van der Waals surface area contributed by atoms with Crippen LogP contribution in [0.1, 0.15) is 29.2 Å². The quantitative estimate of drug-likeness (QED) is 0.487. The number of aliphatic carboxylic acids is 1. The molecule has 0 radical (unpaired) electrons. The van der Waals surface area contributed by atoms with Crippen LogP contribution in [0, 0.1) is 11.6 Å². The lowest BCUT2D eigenvalue weighted by Crippen LogP contribution is -2.38. The first-order valence-corrected chi connectivity index (χ1v) is 11.5. The molecule has 5 nitrogen and oxygen atoms in total. The number of benzene rings is 3. The predicted octanol–water partition coefficient (Wildman–Crippen LogP) is 4.60. The summed E-state index contributed by atoms with van der Waals surface area (Å²) in [7, 11) is 0. The SMILES string of the molecule is C[C@]1(Cc2ccccc2F)Cc2cc(CC(=O)N(CCc3ccc(F)cc3)CC(=O)O)ccc2O1. The third kappa shape index (κ3) is 6.23. The number of fused-ring (bicyclic) bond motifs is 1. The van der Waals surface area contributed by atoms with Crippen molar-refractivity contribution in [3.8, 4) is 5.75 Å². The summed E-state index contributed by atoms with van der Waals surface area (Å²) in [5.74, 6) is -1.30. The van der Waals surface area contributed by atoms with Gasteiger partial charge in [0.2, 0.25) is 5.91 Å². The van der Waals surface area contributed by atoms with Crippen molar-refractivity contribution in [1.29, 1.82) is 0 Å². The van der Waals surface area contributed by atoms with Gasteiger partial charge in [-0.3, -0.25) is 9.59 Å². The lowest BCUT2D eigenvalue weighted by molar-refractivity contribution is -0.144. The van der Waals surface area contributed by atoms with Crippen molar-refractivity contribution in [1.82, 2.24) is 4.90 Å². The van der Waals surface area contributed by atoms with Gasteiger partial charge in [0.25, 0.3) is 0 Å². The Bertz CT molecular complexity index is 1230. The molecule has 1 heterocycles. The molecule has 4 rings (SSSR count). The van der Waals surface area contributed by atoms with E-state index in [0.717, 1.165) is 16.7 Å². The van der Waals surface area contributed by atoms with Gasteiger partial charge in [0, 0.05) is 19.4 Å². The number of ether oxygens (including phenoxy) is 1. The van der Waals surface area contributed by atoms with Crippen molar-refractivity contribution >= 4 is 11.9 Å². The van der Waals surface area contributed by atoms with Gasteiger partial charge in [0.1, 0.15) is 29.5 Å². The molecule has 1 aliphatic heterocycles. The molecule has 1 atom stereocenters. The molecular weight excluding hydrogens is 452 g/mol. The molecule has 0 saturated heterocycles. The number of hydrogen-bond donors (Lipinski definition) is 1. The van der Waals surface area contributed by atoms with Crippen molar-refractivity contribution in [2.75, 3.05) is 13.1 Å². The molecule has 0 aliphatic carbocycles. The second-order valence-electron chi connectivity index (χ2n) is 9.20. The molecule has 1 amide bonds. The number of carbonyl (C=O) groups excluding carboxylic acids is 1. The van der Waals surface area contributed by atoms with E-state index in [0.29, 0.717) is 30.6 Å². The number of nitrogens with zero attached hydrogens (tertiary/aromatic N) is 1. The zero-order chi connectivity index (χ0) is 25.0. The first-order chi connectivity index (χ1) is 16.7. The number of carboxylic acid groups (broad SMARTS) is 1. The molecule has 0 bridgehead atoms. The normalized spacial score (nSPS) is 16.4. The van der Waals surface area contributed by atoms with Crippen LogP contribution in [0.5, 0.6) is 5.75 Å². The van der Waals surface area contributed by atoms with Crippen LogP contribution >= 0.6 is 0 Å². The van der Waals surface area contributed by atoms with Crippen LogP contribution in [0.15, 0.2) is 66.7 Å². The van der Waals surface area contributed by atoms with Gasteiger partial charge in [-0.15, -0.1) is 0 Å². The zero-order valence-electron chi connectivity index (χ0n) is 19.5. The van der Waals surface area contributed by atoms with Gasteiger partial charge in [0.05, 0.1) is 6.42 Å². The van der Waals surface area contributed by atoms with E-state index in [1.54, 1.807) is 36.4 Å². The van der Waals surface area contributed by atoms with Crippen LogP contribution in [0.25, 0.3) is 0 Å². The van der Waals surface area contributed by atoms with E-state index in [4.69, 9.17) is 4.74 Å². The molecule has 3 aromatic carbocycles. The third-order valence-electron chi connectivity index (χ3n) is 6.19. The van der Waals surface area contributed by atoms with Gasteiger partial charge in [-0.25, -0.2) is 8.78 Å². The minimum atomic E-state index is -1.09. The number of rotatable bonds is 9. The van der Waals surface area contributed by atoms with Gasteiger partial charge in [-0.1, -0.05) is 42.5 Å². The average molecular weight is 480 g/mol. The number of carbonyl (C=O) groups is 2. The second kappa shape index (κ2) is 10.3. The molecule has 3 aromatic rings. The summed E-state index contributed by atoms with van der Waals surface area (Å²) in [5, 5.41) is 9.27. The molecule has 7 heteroatoms. The Morgan fingerprint density at radius 2 is 1.74 bits per heavy atom. The van der Waals surface area contributed by atoms with Crippen molar-refractivity contribution in [2.45, 2.75) is 38.2 Å². The fraction of sp³-hybridized carbons (Fsp3) is 0.286. The largest absolute Gasteiger partial charge is 0.487 e. The number of amides is 1. The van der Waals surface area contributed by atoms with Crippen LogP contribution < -0.4 is 4.74 Å². The lowest BCUT2D eigenvalue weighted by atomic mass is 9.91. The van der Waals surface area contributed by atoms with E-state index in [1.165, 1.54) is 23.1 Å². The summed E-state index contributed by atoms with van der Waals surface area (Å²) in [4.78, 5) is 25.6. The molecule has 0 aromatic heterocycles. The molecule has 182 valence electrons. The molecule has 1 N–H and O–H groups in total. The highest BCUT2D eigenvalue weighted by molar-refractivity contribution is 5.83. The van der Waals surface area contributed by atoms with Crippen LogP contribution in [0.3, 0.4) is 0 Å². The van der Waals surface area contributed by atoms with Crippen LogP contribution in [-0.2, 0) is 35.3 Å². The summed E-state index contributed by atoms with van der Waals surface area (Å²) in [6.07, 6.45) is 1.46. The standard InChI is InChI=1S/C28H27F2NO4/c1-28(16-21-4-2-3-5-24(21)30)17-22-14-20(8-11-25(22)35-28)15-26(32)31(18-27(33)34)13-12-19-6-9-23(29)10-7-19/h2-11,14H,12-13,15-18H2,1H3,(H,33,34)/t28-/m0/s1. The summed E-state index contributed by atoms with van der Waals surface area (Å²) in [5.41, 5.74) is 2.49. The summed E-state index contributed by atoms with van der Waals surface area (Å²) < 4.78 is 33.4. The molecule has 0 saturated carbocycles. The number of carboxylic acids is 1. The van der Waals surface area contributed by atoms with E-state index >= 15 is 0 Å². The van der Waals surface area contributed by atoms with Crippen molar-refractivity contribution in [3.63, 3.8) is 0 Å². The van der Waals surface area contributed by atoms with E-state index < -0.39 is 18.1 Å². The molecule has 0 spiro atoms. The minimum absolute atomic E-state index is 0.0496. The molecule has 0 unspecified atom stereocenters. The Balaban J connectivity index is 1.42. The van der Waals surface area contributed by atoms with E-state index in [2.05, 4.69) is 0 Å². The average Bonchev–Trinajstić information content (AvgIpc) is 3.14. The topological polar surface area (TPSA) is 66.8 Å². The van der Waals surface area contributed by atoms with Gasteiger partial charge in [0.15, 0.2) is 0 Å². The van der Waals surface area contributed by atoms with E-state index in [1.807, 2.05) is 19.1 Å². The maximum Gasteiger partial charge on any atom is 0.323 e. The summed E-state index contributed by atoms with van der Waals surface area (Å²) in [6, 6.07) is 18.1. The molecular formula is C28H27F2NO4. The van der Waals surface area contributed by atoms with E-state index in [-0.39, 0.29) is 30.5 Å². The number of hydrogen-bond acceptors (Lipinski definition) is 3. The lowest BCUT2D eigenvalue weighted by Gasteiger charge is -2.24. The fourth-order valence-electron chi connectivity index (χ4n) is 4.48. The summed E-state index contributed by atoms with van der Waals surface area (Å²) in [6.45, 7) is 1.74. The summed E-state index contributed by atoms with van der Waals surface area (Å²) >= 11 is 0. The third-order valence-corrected chi connectivity index (χ3v) is 6.19. The van der Waals surface area contributed by atoms with Crippen molar-refractivity contribution < 1.29 is 28.2 Å². The van der Waals surface area contributed by atoms with Gasteiger partial charge in [-0.05, 0) is 59.9 Å². The Morgan fingerprint density at radius 1 is 1.03 bits per heavy atom. The Morgan fingerprint density at radius 3 is 2.46 bits per heavy atom.